The fraction of sp³-hybridized carbons (Fsp3) is 0.0625. The van der Waals surface area contributed by atoms with Gasteiger partial charge in [0.1, 0.15) is 0 Å². The van der Waals surface area contributed by atoms with Crippen molar-refractivity contribution in [1.82, 2.24) is 15.4 Å². The number of hydrogen-bond acceptors (Lipinski definition) is 3. The normalized spacial score (nSPS) is 11.7. The first-order valence-corrected chi connectivity index (χ1v) is 7.53. The number of halogens is 2. The molecule has 0 radical (unpaired) electrons. The van der Waals surface area contributed by atoms with Crippen LogP contribution in [0.15, 0.2) is 47.8 Å². The number of aromatic amines is 1. The summed E-state index contributed by atoms with van der Waals surface area (Å²) in [5.41, 5.74) is 6.02. The summed E-state index contributed by atoms with van der Waals surface area (Å²) in [4.78, 5) is 19.2. The summed E-state index contributed by atoms with van der Waals surface area (Å²) in [7, 11) is 0. The van der Waals surface area contributed by atoms with E-state index in [0.717, 1.165) is 16.6 Å². The van der Waals surface area contributed by atoms with Gasteiger partial charge >= 0.3 is 0 Å². The van der Waals surface area contributed by atoms with Gasteiger partial charge < -0.3 is 4.98 Å². The molecule has 0 spiro atoms. The van der Waals surface area contributed by atoms with Crippen molar-refractivity contribution in [2.45, 2.75) is 6.92 Å². The van der Waals surface area contributed by atoms with Crippen LogP contribution in [-0.2, 0) is 0 Å². The van der Waals surface area contributed by atoms with Gasteiger partial charge in [-0.1, -0.05) is 29.3 Å². The van der Waals surface area contributed by atoms with Gasteiger partial charge in [0, 0.05) is 5.56 Å². The maximum absolute atomic E-state index is 12.2. The van der Waals surface area contributed by atoms with Crippen molar-refractivity contribution in [2.75, 3.05) is 0 Å². The summed E-state index contributed by atoms with van der Waals surface area (Å²) in [5, 5.41) is 5.01. The first kappa shape index (κ1) is 15.5. The Morgan fingerprint density at radius 2 is 1.91 bits per heavy atom. The van der Waals surface area contributed by atoms with Gasteiger partial charge in [-0.05, 0) is 42.8 Å². The number of fused-ring (bicyclic) bond motifs is 1. The fourth-order valence-electron chi connectivity index (χ4n) is 2.06. The van der Waals surface area contributed by atoms with E-state index in [1.807, 2.05) is 0 Å². The van der Waals surface area contributed by atoms with E-state index in [4.69, 9.17) is 23.2 Å². The van der Waals surface area contributed by atoms with E-state index in [-0.39, 0.29) is 5.91 Å². The Bertz CT molecular complexity index is 917. The zero-order valence-electron chi connectivity index (χ0n) is 12.1. The molecule has 0 fully saturated rings. The Balaban J connectivity index is 1.77. The third kappa shape index (κ3) is 3.36. The van der Waals surface area contributed by atoms with Crippen LogP contribution in [0, 0.1) is 0 Å². The lowest BCUT2D eigenvalue weighted by Crippen LogP contribution is -2.19. The molecule has 0 aliphatic heterocycles. The van der Waals surface area contributed by atoms with Crippen LogP contribution in [0.1, 0.15) is 22.8 Å². The van der Waals surface area contributed by atoms with Crippen LogP contribution >= 0.6 is 23.2 Å². The lowest BCUT2D eigenvalue weighted by molar-refractivity contribution is 0.0955. The molecule has 3 rings (SSSR count). The van der Waals surface area contributed by atoms with Crippen LogP contribution in [0.25, 0.3) is 11.0 Å². The van der Waals surface area contributed by atoms with Gasteiger partial charge in [0.15, 0.2) is 0 Å². The Labute approximate surface area is 142 Å². The van der Waals surface area contributed by atoms with Crippen LogP contribution in [0.3, 0.4) is 0 Å². The predicted octanol–water partition coefficient (Wildman–Crippen LogP) is 4.02. The van der Waals surface area contributed by atoms with Gasteiger partial charge in [-0.2, -0.15) is 5.10 Å². The van der Waals surface area contributed by atoms with Crippen LogP contribution in [0.5, 0.6) is 0 Å². The average molecular weight is 347 g/mol. The number of benzene rings is 2. The van der Waals surface area contributed by atoms with Gasteiger partial charge in [-0.15, -0.1) is 0 Å². The molecule has 5 nitrogen and oxygen atoms in total. The smallest absolute Gasteiger partial charge is 0.271 e. The van der Waals surface area contributed by atoms with Gasteiger partial charge in [-0.25, -0.2) is 10.4 Å². The molecule has 1 amide bonds. The molecule has 116 valence electrons. The predicted molar refractivity (Wildman–Crippen MR) is 92.2 cm³/mol. The SMILES string of the molecule is CC(=NNC(=O)c1ccc2nc[nH]c2c1)c1ccc(Cl)c(Cl)c1. The van der Waals surface area contributed by atoms with Crippen molar-refractivity contribution in [1.29, 1.82) is 0 Å². The Kier molecular flexibility index (Phi) is 4.32. The van der Waals surface area contributed by atoms with Crippen molar-refractivity contribution >= 4 is 45.9 Å². The number of H-pyrrole nitrogens is 1. The minimum Gasteiger partial charge on any atom is -0.345 e. The second-order valence-corrected chi connectivity index (χ2v) is 5.72. The van der Waals surface area contributed by atoms with Crippen molar-refractivity contribution in [3.63, 3.8) is 0 Å². The molecule has 0 bridgehead atoms. The fourth-order valence-corrected chi connectivity index (χ4v) is 2.36. The van der Waals surface area contributed by atoms with Gasteiger partial charge in [0.25, 0.3) is 5.91 Å². The van der Waals surface area contributed by atoms with Crippen molar-refractivity contribution in [3.8, 4) is 0 Å². The van der Waals surface area contributed by atoms with E-state index in [1.165, 1.54) is 0 Å². The van der Waals surface area contributed by atoms with E-state index in [9.17, 15) is 4.79 Å². The number of hydrazone groups is 1. The molecular weight excluding hydrogens is 335 g/mol. The number of nitrogens with one attached hydrogen (secondary N) is 2. The van der Waals surface area contributed by atoms with E-state index in [2.05, 4.69) is 20.5 Å². The first-order valence-electron chi connectivity index (χ1n) is 6.78. The Hall–Kier alpha value is -2.37. The molecular formula is C16H12Cl2N4O. The standard InChI is InChI=1S/C16H12Cl2N4O/c1-9(10-2-4-12(17)13(18)6-10)21-22-16(23)11-3-5-14-15(7-11)20-8-19-14/h2-8H,1H3,(H,19,20)(H,22,23). The highest BCUT2D eigenvalue weighted by Crippen LogP contribution is 2.22. The molecule has 7 heteroatoms. The first-order chi connectivity index (χ1) is 11.0. The van der Waals surface area contributed by atoms with Crippen LogP contribution in [0.2, 0.25) is 10.0 Å². The molecule has 2 N–H and O–H groups in total. The van der Waals surface area contributed by atoms with Gasteiger partial charge in [-0.3, -0.25) is 4.79 Å². The summed E-state index contributed by atoms with van der Waals surface area (Å²) in [6, 6.07) is 10.4. The van der Waals surface area contributed by atoms with E-state index in [1.54, 1.807) is 49.6 Å². The quantitative estimate of drug-likeness (QED) is 0.555. The highest BCUT2D eigenvalue weighted by atomic mass is 35.5. The number of nitrogens with zero attached hydrogens (tertiary/aromatic N) is 2. The third-order valence-electron chi connectivity index (χ3n) is 3.34. The number of carbonyl (C=O) groups excluding carboxylic acids is 1. The lowest BCUT2D eigenvalue weighted by atomic mass is 10.1. The summed E-state index contributed by atoms with van der Waals surface area (Å²) in [5.74, 6) is -0.305. The van der Waals surface area contributed by atoms with Crippen molar-refractivity contribution in [2.24, 2.45) is 5.10 Å². The van der Waals surface area contributed by atoms with Gasteiger partial charge in [0.05, 0.1) is 33.1 Å². The molecule has 1 aromatic heterocycles. The summed E-state index contributed by atoms with van der Waals surface area (Å²) in [6.07, 6.45) is 1.58. The monoisotopic (exact) mass is 346 g/mol. The number of carbonyl (C=O) groups is 1. The second-order valence-electron chi connectivity index (χ2n) is 4.90. The Morgan fingerprint density at radius 3 is 2.70 bits per heavy atom. The number of rotatable bonds is 3. The lowest BCUT2D eigenvalue weighted by Gasteiger charge is -2.04. The topological polar surface area (TPSA) is 70.1 Å². The summed E-state index contributed by atoms with van der Waals surface area (Å²) in [6.45, 7) is 1.78. The zero-order chi connectivity index (χ0) is 16.4. The average Bonchev–Trinajstić information content (AvgIpc) is 3.02. The number of aromatic nitrogens is 2. The number of hydrogen-bond donors (Lipinski definition) is 2. The Morgan fingerprint density at radius 1 is 1.13 bits per heavy atom. The maximum Gasteiger partial charge on any atom is 0.271 e. The highest BCUT2D eigenvalue weighted by Gasteiger charge is 2.08. The van der Waals surface area contributed by atoms with Crippen LogP contribution < -0.4 is 5.43 Å². The van der Waals surface area contributed by atoms with E-state index in [0.29, 0.717) is 21.3 Å². The zero-order valence-corrected chi connectivity index (χ0v) is 13.6. The molecule has 0 unspecified atom stereocenters. The number of imidazole rings is 1. The molecule has 0 atom stereocenters. The summed E-state index contributed by atoms with van der Waals surface area (Å²) < 4.78 is 0. The molecule has 0 aliphatic carbocycles. The second kappa shape index (κ2) is 6.40. The van der Waals surface area contributed by atoms with E-state index < -0.39 is 0 Å². The largest absolute Gasteiger partial charge is 0.345 e. The van der Waals surface area contributed by atoms with Crippen molar-refractivity contribution < 1.29 is 4.79 Å². The summed E-state index contributed by atoms with van der Waals surface area (Å²) >= 11 is 11.9. The molecule has 0 aliphatic rings. The van der Waals surface area contributed by atoms with Gasteiger partial charge in [0.2, 0.25) is 0 Å². The van der Waals surface area contributed by atoms with Crippen LogP contribution in [0.4, 0.5) is 0 Å². The minimum atomic E-state index is -0.305. The molecule has 1 heterocycles. The maximum atomic E-state index is 12.2. The minimum absolute atomic E-state index is 0.305. The van der Waals surface area contributed by atoms with Crippen LogP contribution in [-0.4, -0.2) is 21.6 Å². The molecule has 23 heavy (non-hydrogen) atoms. The third-order valence-corrected chi connectivity index (χ3v) is 4.08. The van der Waals surface area contributed by atoms with E-state index >= 15 is 0 Å². The van der Waals surface area contributed by atoms with Crippen molar-refractivity contribution in [3.05, 3.63) is 63.9 Å². The number of amides is 1. The molecule has 0 saturated heterocycles. The molecule has 2 aromatic carbocycles. The molecule has 0 saturated carbocycles. The molecule has 3 aromatic rings. The highest BCUT2D eigenvalue weighted by molar-refractivity contribution is 6.42.